The van der Waals surface area contributed by atoms with E-state index in [4.69, 9.17) is 9.72 Å². The van der Waals surface area contributed by atoms with Crippen LogP contribution in [0.3, 0.4) is 0 Å². The second kappa shape index (κ2) is 15.3. The first-order chi connectivity index (χ1) is 22.6. The van der Waals surface area contributed by atoms with Gasteiger partial charge in [-0.05, 0) is 52.1 Å². The molecule has 0 spiro atoms. The number of carbonyl (C=O) groups excluding carboxylic acids is 1. The fourth-order valence-corrected chi connectivity index (χ4v) is 6.06. The normalized spacial score (nSPS) is 11.1. The highest BCUT2D eigenvalue weighted by atomic mass is 32.1. The Bertz CT molecular complexity index is 1770. The molecule has 0 saturated heterocycles. The number of hydrogen-bond donors (Lipinski definition) is 1. The zero-order valence-electron chi connectivity index (χ0n) is 25.3. The van der Waals surface area contributed by atoms with Crippen LogP contribution in [0, 0.1) is 5.82 Å². The Morgan fingerprint density at radius 3 is 1.83 bits per heavy atom. The van der Waals surface area contributed by atoms with E-state index in [-0.39, 0.29) is 17.8 Å². The lowest BCUT2D eigenvalue weighted by molar-refractivity contribution is 0.0938. The smallest absolute Gasteiger partial charge is 0.271 e. The highest BCUT2D eigenvalue weighted by Gasteiger charge is 2.20. The van der Waals surface area contributed by atoms with Gasteiger partial charge in [0.15, 0.2) is 0 Å². The first-order valence-electron chi connectivity index (χ1n) is 15.2. The van der Waals surface area contributed by atoms with E-state index in [9.17, 15) is 9.18 Å². The van der Waals surface area contributed by atoms with Crippen molar-refractivity contribution in [2.24, 2.45) is 0 Å². The standard InChI is InChI=1S/C39H34FN3O2S/c40-34-20-16-29(17-21-34)24-43(25-30-18-22-35(23-19-30)45-27-31-10-4-1-5-11-31)26-37-41-36(28-46-37)39(44)42-38(32-12-6-2-7-13-32)33-14-8-3-9-15-33/h1-23,28,38H,24-27H2,(H,42,44). The largest absolute Gasteiger partial charge is 0.489 e. The van der Waals surface area contributed by atoms with E-state index in [2.05, 4.69) is 22.3 Å². The monoisotopic (exact) mass is 627 g/mol. The SMILES string of the molecule is O=C(NC(c1ccccc1)c1ccccc1)c1csc(CN(Cc2ccc(F)cc2)Cc2ccc(OCc3ccccc3)cc2)n1. The summed E-state index contributed by atoms with van der Waals surface area (Å²) in [4.78, 5) is 20.4. The lowest BCUT2D eigenvalue weighted by Crippen LogP contribution is -2.29. The summed E-state index contributed by atoms with van der Waals surface area (Å²) in [5, 5.41) is 5.82. The molecule has 5 aromatic carbocycles. The third-order valence-corrected chi connectivity index (χ3v) is 8.42. The molecule has 0 atom stereocenters. The van der Waals surface area contributed by atoms with Crippen molar-refractivity contribution in [1.29, 1.82) is 0 Å². The minimum atomic E-state index is -0.297. The number of nitrogens with one attached hydrogen (secondary N) is 1. The average molecular weight is 628 g/mol. The van der Waals surface area contributed by atoms with E-state index >= 15 is 0 Å². The van der Waals surface area contributed by atoms with Gasteiger partial charge < -0.3 is 10.1 Å². The van der Waals surface area contributed by atoms with Crippen molar-refractivity contribution < 1.29 is 13.9 Å². The minimum Gasteiger partial charge on any atom is -0.489 e. The van der Waals surface area contributed by atoms with Crippen LogP contribution < -0.4 is 10.1 Å². The molecule has 0 aliphatic heterocycles. The van der Waals surface area contributed by atoms with Gasteiger partial charge >= 0.3 is 0 Å². The van der Waals surface area contributed by atoms with Gasteiger partial charge in [0.1, 0.15) is 28.9 Å². The van der Waals surface area contributed by atoms with Crippen LogP contribution in [-0.2, 0) is 26.2 Å². The zero-order valence-corrected chi connectivity index (χ0v) is 26.1. The number of nitrogens with zero attached hydrogens (tertiary/aromatic N) is 2. The van der Waals surface area contributed by atoms with Crippen LogP contribution in [0.4, 0.5) is 4.39 Å². The fourth-order valence-electron chi connectivity index (χ4n) is 5.24. The molecular weight excluding hydrogens is 594 g/mol. The summed E-state index contributed by atoms with van der Waals surface area (Å²) in [5.74, 6) is 0.315. The van der Waals surface area contributed by atoms with Gasteiger partial charge in [-0.2, -0.15) is 0 Å². The second-order valence-electron chi connectivity index (χ2n) is 11.0. The molecule has 6 rings (SSSR count). The van der Waals surface area contributed by atoms with Gasteiger partial charge in [-0.25, -0.2) is 9.37 Å². The van der Waals surface area contributed by atoms with Gasteiger partial charge in [-0.15, -0.1) is 11.3 Å². The van der Waals surface area contributed by atoms with Crippen molar-refractivity contribution in [2.75, 3.05) is 0 Å². The number of aromatic nitrogens is 1. The Morgan fingerprint density at radius 2 is 1.24 bits per heavy atom. The van der Waals surface area contributed by atoms with E-state index in [1.807, 2.05) is 109 Å². The highest BCUT2D eigenvalue weighted by molar-refractivity contribution is 7.09. The third kappa shape index (κ3) is 8.53. The van der Waals surface area contributed by atoms with Crippen molar-refractivity contribution in [3.8, 4) is 5.75 Å². The molecule has 0 bridgehead atoms. The summed E-state index contributed by atoms with van der Waals surface area (Å²) in [5.41, 5.74) is 5.60. The van der Waals surface area contributed by atoms with Crippen molar-refractivity contribution >= 4 is 17.2 Å². The number of hydrogen-bond acceptors (Lipinski definition) is 5. The molecule has 0 saturated carbocycles. The predicted octanol–water partition coefficient (Wildman–Crippen LogP) is 8.58. The van der Waals surface area contributed by atoms with Crippen LogP contribution in [0.15, 0.2) is 145 Å². The summed E-state index contributed by atoms with van der Waals surface area (Å²) >= 11 is 1.46. The van der Waals surface area contributed by atoms with Crippen LogP contribution in [0.25, 0.3) is 0 Å². The zero-order chi connectivity index (χ0) is 31.6. The molecule has 0 unspecified atom stereocenters. The maximum atomic E-state index is 13.6. The maximum absolute atomic E-state index is 13.6. The molecule has 0 radical (unpaired) electrons. The predicted molar refractivity (Wildman–Crippen MR) is 181 cm³/mol. The van der Waals surface area contributed by atoms with Crippen molar-refractivity contribution in [1.82, 2.24) is 15.2 Å². The van der Waals surface area contributed by atoms with Crippen LogP contribution in [0.1, 0.15) is 49.4 Å². The van der Waals surface area contributed by atoms with Gasteiger partial charge in [0.2, 0.25) is 0 Å². The Balaban J connectivity index is 1.15. The summed E-state index contributed by atoms with van der Waals surface area (Å²) in [6.07, 6.45) is 0. The first kappa shape index (κ1) is 30.9. The molecule has 46 heavy (non-hydrogen) atoms. The van der Waals surface area contributed by atoms with Crippen LogP contribution in [0.5, 0.6) is 5.75 Å². The minimum absolute atomic E-state index is 0.226. The van der Waals surface area contributed by atoms with Crippen molar-refractivity contribution in [2.45, 2.75) is 32.3 Å². The van der Waals surface area contributed by atoms with Gasteiger partial charge in [0, 0.05) is 18.5 Å². The van der Waals surface area contributed by atoms with Crippen molar-refractivity contribution in [3.05, 3.63) is 189 Å². The van der Waals surface area contributed by atoms with Gasteiger partial charge in [-0.1, -0.05) is 115 Å². The van der Waals surface area contributed by atoms with E-state index in [1.165, 1.54) is 23.5 Å². The van der Waals surface area contributed by atoms with Gasteiger partial charge in [0.05, 0.1) is 12.6 Å². The van der Waals surface area contributed by atoms with Crippen molar-refractivity contribution in [3.63, 3.8) is 0 Å². The third-order valence-electron chi connectivity index (χ3n) is 7.58. The number of benzene rings is 5. The molecule has 0 aliphatic carbocycles. The number of ether oxygens (including phenoxy) is 1. The highest BCUT2D eigenvalue weighted by Crippen LogP contribution is 2.24. The molecule has 0 aliphatic rings. The van der Waals surface area contributed by atoms with Crippen LogP contribution in [-0.4, -0.2) is 15.8 Å². The molecule has 1 heterocycles. The van der Waals surface area contributed by atoms with E-state index < -0.39 is 0 Å². The second-order valence-corrected chi connectivity index (χ2v) is 12.0. The molecule has 230 valence electrons. The number of carbonyl (C=O) groups is 1. The molecule has 1 N–H and O–H groups in total. The molecule has 1 amide bonds. The maximum Gasteiger partial charge on any atom is 0.271 e. The van der Waals surface area contributed by atoms with Crippen LogP contribution in [0.2, 0.25) is 0 Å². The van der Waals surface area contributed by atoms with Crippen LogP contribution >= 0.6 is 11.3 Å². The molecule has 0 fully saturated rings. The van der Waals surface area contributed by atoms with E-state index in [0.29, 0.717) is 31.9 Å². The number of halogens is 1. The Morgan fingerprint density at radius 1 is 0.696 bits per heavy atom. The number of thiazole rings is 1. The molecular formula is C39H34FN3O2S. The topological polar surface area (TPSA) is 54.5 Å². The van der Waals surface area contributed by atoms with E-state index in [0.717, 1.165) is 38.6 Å². The number of amides is 1. The summed E-state index contributed by atoms with van der Waals surface area (Å²) in [6, 6.07) is 44.3. The lowest BCUT2D eigenvalue weighted by Gasteiger charge is -2.22. The van der Waals surface area contributed by atoms with E-state index in [1.54, 1.807) is 12.1 Å². The summed E-state index contributed by atoms with van der Waals surface area (Å²) in [6.45, 7) is 2.27. The Kier molecular flexibility index (Phi) is 10.2. The molecule has 7 heteroatoms. The quantitative estimate of drug-likeness (QED) is 0.139. The lowest BCUT2D eigenvalue weighted by atomic mass is 9.98. The summed E-state index contributed by atoms with van der Waals surface area (Å²) in [7, 11) is 0. The molecule has 5 nitrogen and oxygen atoms in total. The summed E-state index contributed by atoms with van der Waals surface area (Å²) < 4.78 is 19.6. The molecule has 6 aromatic rings. The Labute approximate surface area is 273 Å². The Hall–Kier alpha value is -5.11. The van der Waals surface area contributed by atoms with Gasteiger partial charge in [0.25, 0.3) is 5.91 Å². The average Bonchev–Trinajstić information content (AvgIpc) is 3.57. The number of rotatable bonds is 13. The molecule has 1 aromatic heterocycles. The van der Waals surface area contributed by atoms with Gasteiger partial charge in [-0.3, -0.25) is 9.69 Å². The fraction of sp³-hybridized carbons (Fsp3) is 0.128. The first-order valence-corrected chi connectivity index (χ1v) is 16.0.